The van der Waals surface area contributed by atoms with E-state index in [1.54, 1.807) is 36.7 Å². The highest BCUT2D eigenvalue weighted by molar-refractivity contribution is 5.85. The van der Waals surface area contributed by atoms with Crippen molar-refractivity contribution in [2.45, 2.75) is 32.4 Å². The number of nitriles is 1. The maximum Gasteiger partial charge on any atom is 0.267 e. The van der Waals surface area contributed by atoms with Crippen LogP contribution >= 0.6 is 12.4 Å². The Morgan fingerprint density at radius 1 is 1.05 bits per heavy atom. The summed E-state index contributed by atoms with van der Waals surface area (Å²) in [6, 6.07) is 20.2. The molecule has 10 heteroatoms. The minimum Gasteiger partial charge on any atom is -0.487 e. The van der Waals surface area contributed by atoms with Crippen LogP contribution in [0.4, 0.5) is 0 Å². The van der Waals surface area contributed by atoms with Gasteiger partial charge in [0.2, 0.25) is 0 Å². The molecule has 1 aliphatic heterocycles. The summed E-state index contributed by atoms with van der Waals surface area (Å²) >= 11 is 0. The molecule has 2 aromatic heterocycles. The normalized spacial score (nSPS) is 13.8. The van der Waals surface area contributed by atoms with Gasteiger partial charge in [0.05, 0.1) is 42.4 Å². The Labute approximate surface area is 233 Å². The molecule has 2 aromatic carbocycles. The second kappa shape index (κ2) is 13.6. The molecule has 39 heavy (non-hydrogen) atoms. The number of piperidine rings is 1. The lowest BCUT2D eigenvalue weighted by Crippen LogP contribution is -2.35. The fraction of sp³-hybridized carbons (Fsp3) is 0.276. The Hall–Kier alpha value is -4.10. The maximum absolute atomic E-state index is 12.5. The van der Waals surface area contributed by atoms with E-state index in [2.05, 4.69) is 33.4 Å². The van der Waals surface area contributed by atoms with E-state index in [4.69, 9.17) is 4.74 Å². The third-order valence-corrected chi connectivity index (χ3v) is 6.67. The minimum atomic E-state index is -0.203. The first kappa shape index (κ1) is 29.5. The smallest absolute Gasteiger partial charge is 0.267 e. The first-order valence-corrected chi connectivity index (χ1v) is 12.5. The van der Waals surface area contributed by atoms with Crippen LogP contribution in [0, 0.1) is 17.2 Å². The number of rotatable bonds is 7. The standard InChI is InChI=1S/C29H28N6O2.ClH.H2O/c1-20(23-10-12-31-13-11-23)37-26-17-32-29(33-18-26)25-7-3-5-22(15-25)19-35-28(36)9-8-27(34-35)24-6-2-4-21(14-24)16-30;;/h2-9,14-15,17-18,20,23,31H,10-13,19H2,1H3;1H;1H2. The average Bonchev–Trinajstić information content (AvgIpc) is 2.95. The lowest BCUT2D eigenvalue weighted by atomic mass is 9.93. The zero-order valence-electron chi connectivity index (χ0n) is 21.6. The molecule has 0 saturated carbocycles. The van der Waals surface area contributed by atoms with Gasteiger partial charge in [0.25, 0.3) is 5.56 Å². The van der Waals surface area contributed by atoms with E-state index < -0.39 is 0 Å². The van der Waals surface area contributed by atoms with E-state index in [0.717, 1.165) is 42.6 Å². The van der Waals surface area contributed by atoms with Crippen LogP contribution in [0.5, 0.6) is 5.75 Å². The van der Waals surface area contributed by atoms with Gasteiger partial charge in [-0.1, -0.05) is 30.3 Å². The fourth-order valence-corrected chi connectivity index (χ4v) is 4.60. The second-order valence-electron chi connectivity index (χ2n) is 9.26. The molecule has 9 nitrogen and oxygen atoms in total. The zero-order valence-corrected chi connectivity index (χ0v) is 22.4. The summed E-state index contributed by atoms with van der Waals surface area (Å²) in [6.45, 7) is 4.47. The van der Waals surface area contributed by atoms with E-state index in [1.165, 1.54) is 10.7 Å². The largest absolute Gasteiger partial charge is 0.487 e. The van der Waals surface area contributed by atoms with Gasteiger partial charge in [-0.05, 0) is 68.6 Å². The highest BCUT2D eigenvalue weighted by atomic mass is 35.5. The van der Waals surface area contributed by atoms with Gasteiger partial charge >= 0.3 is 0 Å². The average molecular weight is 547 g/mol. The Bertz CT molecular complexity index is 1480. The minimum absolute atomic E-state index is 0. The van der Waals surface area contributed by atoms with E-state index in [9.17, 15) is 10.1 Å². The Morgan fingerprint density at radius 3 is 2.51 bits per heavy atom. The van der Waals surface area contributed by atoms with Crippen LogP contribution in [0.2, 0.25) is 0 Å². The number of ether oxygens (including phenoxy) is 1. The third-order valence-electron chi connectivity index (χ3n) is 6.67. The molecule has 0 radical (unpaired) electrons. The van der Waals surface area contributed by atoms with E-state index >= 15 is 0 Å². The van der Waals surface area contributed by atoms with Crippen LogP contribution in [0.3, 0.4) is 0 Å². The molecule has 5 rings (SSSR count). The first-order valence-electron chi connectivity index (χ1n) is 12.5. The maximum atomic E-state index is 12.5. The third kappa shape index (κ3) is 7.27. The summed E-state index contributed by atoms with van der Waals surface area (Å²) < 4.78 is 7.53. The number of aromatic nitrogens is 4. The molecule has 0 spiro atoms. The van der Waals surface area contributed by atoms with E-state index in [1.807, 2.05) is 30.3 Å². The Kier molecular flexibility index (Phi) is 10.3. The summed E-state index contributed by atoms with van der Waals surface area (Å²) in [5, 5.41) is 17.1. The molecule has 1 saturated heterocycles. The second-order valence-corrected chi connectivity index (χ2v) is 9.26. The van der Waals surface area contributed by atoms with Gasteiger partial charge < -0.3 is 15.5 Å². The zero-order chi connectivity index (χ0) is 25.6. The van der Waals surface area contributed by atoms with Gasteiger partial charge in [0.1, 0.15) is 0 Å². The van der Waals surface area contributed by atoms with Crippen molar-refractivity contribution in [2.24, 2.45) is 5.92 Å². The highest BCUT2D eigenvalue weighted by Crippen LogP contribution is 2.23. The summed E-state index contributed by atoms with van der Waals surface area (Å²) in [5.41, 5.74) is 3.50. The van der Waals surface area contributed by atoms with Crippen molar-refractivity contribution in [3.63, 3.8) is 0 Å². The summed E-state index contributed by atoms with van der Waals surface area (Å²) in [6.07, 6.45) is 5.78. The van der Waals surface area contributed by atoms with Crippen molar-refractivity contribution in [3.8, 4) is 34.5 Å². The van der Waals surface area contributed by atoms with E-state index in [0.29, 0.717) is 35.3 Å². The van der Waals surface area contributed by atoms with Gasteiger partial charge in [-0.3, -0.25) is 4.79 Å². The number of benzene rings is 2. The van der Waals surface area contributed by atoms with Gasteiger partial charge in [-0.15, -0.1) is 12.4 Å². The molecule has 0 bridgehead atoms. The molecule has 3 N–H and O–H groups in total. The van der Waals surface area contributed by atoms with Gasteiger partial charge in [-0.2, -0.15) is 10.4 Å². The van der Waals surface area contributed by atoms with Crippen LogP contribution in [-0.2, 0) is 6.54 Å². The van der Waals surface area contributed by atoms with Crippen molar-refractivity contribution in [3.05, 3.63) is 94.5 Å². The molecule has 1 unspecified atom stereocenters. The molecule has 4 aromatic rings. The monoisotopic (exact) mass is 546 g/mol. The molecular weight excluding hydrogens is 516 g/mol. The highest BCUT2D eigenvalue weighted by Gasteiger charge is 2.21. The van der Waals surface area contributed by atoms with Gasteiger partial charge in [-0.25, -0.2) is 14.6 Å². The quantitative estimate of drug-likeness (QED) is 0.373. The lowest BCUT2D eigenvalue weighted by Gasteiger charge is -2.28. The molecule has 1 atom stereocenters. The topological polar surface area (TPSA) is 137 Å². The fourth-order valence-electron chi connectivity index (χ4n) is 4.60. The predicted molar refractivity (Wildman–Crippen MR) is 152 cm³/mol. The molecule has 1 aliphatic rings. The summed E-state index contributed by atoms with van der Waals surface area (Å²) in [4.78, 5) is 21.6. The van der Waals surface area contributed by atoms with Crippen molar-refractivity contribution in [1.29, 1.82) is 5.26 Å². The SMILES string of the molecule is CC(Oc1cnc(-c2cccc(Cn3nc(-c4cccc(C#N)c4)ccc3=O)c2)nc1)C1CCNCC1.Cl.O. The molecule has 3 heterocycles. The first-order chi connectivity index (χ1) is 18.1. The van der Waals surface area contributed by atoms with Crippen LogP contribution in [0.25, 0.3) is 22.6 Å². The lowest BCUT2D eigenvalue weighted by molar-refractivity contribution is 0.127. The van der Waals surface area contributed by atoms with Crippen LogP contribution in [-0.4, -0.2) is 44.4 Å². The van der Waals surface area contributed by atoms with Crippen molar-refractivity contribution in [2.75, 3.05) is 13.1 Å². The van der Waals surface area contributed by atoms with Crippen molar-refractivity contribution >= 4 is 12.4 Å². The Morgan fingerprint density at radius 2 is 1.77 bits per heavy atom. The molecule has 0 aliphatic carbocycles. The van der Waals surface area contributed by atoms with Crippen molar-refractivity contribution in [1.82, 2.24) is 25.1 Å². The van der Waals surface area contributed by atoms with Crippen LogP contribution in [0.1, 0.15) is 30.9 Å². The molecule has 0 amide bonds. The predicted octanol–water partition coefficient (Wildman–Crippen LogP) is 3.65. The number of hydrogen-bond donors (Lipinski definition) is 1. The van der Waals surface area contributed by atoms with Gasteiger partial charge in [0, 0.05) is 17.2 Å². The molecule has 202 valence electrons. The molecular formula is C29H31ClN6O3. The number of nitrogens with zero attached hydrogens (tertiary/aromatic N) is 5. The number of halogens is 1. The number of nitrogens with one attached hydrogen (secondary N) is 1. The number of hydrogen-bond acceptors (Lipinski definition) is 7. The van der Waals surface area contributed by atoms with Gasteiger partial charge in [0.15, 0.2) is 11.6 Å². The summed E-state index contributed by atoms with van der Waals surface area (Å²) in [5.74, 6) is 1.79. The van der Waals surface area contributed by atoms with Crippen molar-refractivity contribution < 1.29 is 10.2 Å². The van der Waals surface area contributed by atoms with Crippen LogP contribution in [0.15, 0.2) is 77.9 Å². The molecule has 1 fully saturated rings. The van der Waals surface area contributed by atoms with E-state index in [-0.39, 0.29) is 29.5 Å². The summed E-state index contributed by atoms with van der Waals surface area (Å²) in [7, 11) is 0. The Balaban J connectivity index is 0.00000210. The van der Waals surface area contributed by atoms with Crippen LogP contribution < -0.4 is 15.6 Å².